The van der Waals surface area contributed by atoms with E-state index < -0.39 is 5.92 Å². The van der Waals surface area contributed by atoms with Gasteiger partial charge in [-0.05, 0) is 22.0 Å². The summed E-state index contributed by atoms with van der Waals surface area (Å²) in [5.41, 5.74) is 0.730. The topological polar surface area (TPSA) is 78.1 Å². The van der Waals surface area contributed by atoms with Crippen LogP contribution in [0.25, 0.3) is 11.4 Å². The van der Waals surface area contributed by atoms with E-state index in [1.54, 1.807) is 12.4 Å². The first-order valence-corrected chi connectivity index (χ1v) is 6.58. The normalized spacial score (nSPS) is 19.6. The molecule has 0 aromatic carbocycles. The average molecular weight is 324 g/mol. The molecule has 1 saturated heterocycles. The molecule has 7 heteroatoms. The van der Waals surface area contributed by atoms with Crippen LogP contribution < -0.4 is 0 Å². The first-order valence-electron chi connectivity index (χ1n) is 5.79. The summed E-state index contributed by atoms with van der Waals surface area (Å²) in [7, 11) is 0. The quantitative estimate of drug-likeness (QED) is 0.840. The summed E-state index contributed by atoms with van der Waals surface area (Å²) in [5, 5.41) is 3.88. The fourth-order valence-electron chi connectivity index (χ4n) is 1.88. The smallest absolute Gasteiger partial charge is 0.239 e. The zero-order chi connectivity index (χ0) is 13.2. The molecule has 1 aliphatic rings. The maximum atomic E-state index is 11.8. The number of carbonyl (C=O) groups excluding carboxylic acids is 1. The van der Waals surface area contributed by atoms with Crippen molar-refractivity contribution in [2.45, 2.75) is 12.3 Å². The molecule has 1 aliphatic heterocycles. The molecule has 1 unspecified atom stereocenters. The summed E-state index contributed by atoms with van der Waals surface area (Å²) in [6.45, 7) is 0.767. The second kappa shape index (κ2) is 5.18. The Morgan fingerprint density at radius 2 is 2.26 bits per heavy atom. The van der Waals surface area contributed by atoms with Crippen LogP contribution >= 0.6 is 15.9 Å². The minimum Gasteiger partial charge on any atom is -0.380 e. The number of hydrogen-bond donors (Lipinski definition) is 0. The highest BCUT2D eigenvalue weighted by Gasteiger charge is 2.29. The lowest BCUT2D eigenvalue weighted by atomic mass is 10.0. The Labute approximate surface area is 117 Å². The molecule has 0 saturated carbocycles. The van der Waals surface area contributed by atoms with Gasteiger partial charge >= 0.3 is 0 Å². The predicted octanol–water partition coefficient (Wildman–Crippen LogP) is 1.97. The van der Waals surface area contributed by atoms with Crippen LogP contribution in [0, 0.1) is 0 Å². The lowest BCUT2D eigenvalue weighted by molar-refractivity contribution is -0.127. The van der Waals surface area contributed by atoms with Crippen LogP contribution in [0.5, 0.6) is 0 Å². The van der Waals surface area contributed by atoms with Crippen molar-refractivity contribution in [1.29, 1.82) is 0 Å². The maximum absolute atomic E-state index is 11.8. The number of ketones is 1. The number of halogens is 1. The molecule has 19 heavy (non-hydrogen) atoms. The first-order chi connectivity index (χ1) is 9.24. The van der Waals surface area contributed by atoms with Gasteiger partial charge in [-0.25, -0.2) is 0 Å². The summed E-state index contributed by atoms with van der Waals surface area (Å²) in [6, 6.07) is 1.83. The molecule has 0 N–H and O–H groups in total. The highest BCUT2D eigenvalue weighted by Crippen LogP contribution is 2.24. The highest BCUT2D eigenvalue weighted by molar-refractivity contribution is 9.10. The van der Waals surface area contributed by atoms with Gasteiger partial charge in [0, 0.05) is 28.9 Å². The Balaban J connectivity index is 1.89. The minimum absolute atomic E-state index is 0.0776. The van der Waals surface area contributed by atoms with Crippen LogP contribution in [0.15, 0.2) is 27.5 Å². The van der Waals surface area contributed by atoms with Gasteiger partial charge < -0.3 is 9.26 Å². The fourth-order valence-corrected chi connectivity index (χ4v) is 2.24. The molecule has 6 nitrogen and oxygen atoms in total. The molecule has 0 amide bonds. The van der Waals surface area contributed by atoms with Gasteiger partial charge in [0.25, 0.3) is 0 Å². The van der Waals surface area contributed by atoms with Crippen LogP contribution in [0.2, 0.25) is 0 Å². The lowest BCUT2D eigenvalue weighted by Crippen LogP contribution is -2.25. The summed E-state index contributed by atoms with van der Waals surface area (Å²) >= 11 is 3.33. The van der Waals surface area contributed by atoms with Crippen molar-refractivity contribution < 1.29 is 14.1 Å². The SMILES string of the molecule is O=C1CCOCC1c1nc(-c2cncc(Br)c2)no1. The van der Waals surface area contributed by atoms with E-state index in [-0.39, 0.29) is 5.78 Å². The molecule has 0 aliphatic carbocycles. The van der Waals surface area contributed by atoms with Crippen molar-refractivity contribution in [3.63, 3.8) is 0 Å². The summed E-state index contributed by atoms with van der Waals surface area (Å²) in [6.07, 6.45) is 3.70. The van der Waals surface area contributed by atoms with Gasteiger partial charge in [-0.2, -0.15) is 4.98 Å². The van der Waals surface area contributed by atoms with Crippen molar-refractivity contribution >= 4 is 21.7 Å². The number of nitrogens with zero attached hydrogens (tertiary/aromatic N) is 3. The number of Topliss-reactive ketones (excluding diaryl/α,β-unsaturated/α-hetero) is 1. The molecule has 98 valence electrons. The van der Waals surface area contributed by atoms with E-state index >= 15 is 0 Å². The molecule has 3 rings (SSSR count). The van der Waals surface area contributed by atoms with E-state index in [2.05, 4.69) is 31.1 Å². The summed E-state index contributed by atoms with van der Waals surface area (Å²) in [4.78, 5) is 20.1. The van der Waals surface area contributed by atoms with Gasteiger partial charge in [0.1, 0.15) is 11.7 Å². The number of carbonyl (C=O) groups is 1. The highest BCUT2D eigenvalue weighted by atomic mass is 79.9. The first kappa shape index (κ1) is 12.4. The molecule has 0 radical (unpaired) electrons. The summed E-state index contributed by atoms with van der Waals surface area (Å²) in [5.74, 6) is 0.353. The molecule has 1 atom stereocenters. The van der Waals surface area contributed by atoms with Crippen molar-refractivity contribution in [2.75, 3.05) is 13.2 Å². The Hall–Kier alpha value is -1.60. The molecule has 2 aromatic rings. The average Bonchev–Trinajstić information content (AvgIpc) is 2.89. The maximum Gasteiger partial charge on any atom is 0.239 e. The molecule has 2 aromatic heterocycles. The van der Waals surface area contributed by atoms with Gasteiger partial charge in [0.15, 0.2) is 0 Å². The second-order valence-corrected chi connectivity index (χ2v) is 5.11. The number of rotatable bonds is 2. The van der Waals surface area contributed by atoms with Crippen LogP contribution in [0.3, 0.4) is 0 Å². The molecule has 0 spiro atoms. The Bertz CT molecular complexity index is 614. The molecule has 3 heterocycles. The number of aromatic nitrogens is 3. The van der Waals surface area contributed by atoms with Gasteiger partial charge in [-0.1, -0.05) is 5.16 Å². The monoisotopic (exact) mass is 323 g/mol. The number of ether oxygens (including phenoxy) is 1. The second-order valence-electron chi connectivity index (χ2n) is 4.19. The van der Waals surface area contributed by atoms with Crippen LogP contribution in [-0.4, -0.2) is 34.1 Å². The van der Waals surface area contributed by atoms with Crippen LogP contribution in [0.1, 0.15) is 18.2 Å². The van der Waals surface area contributed by atoms with Crippen molar-refractivity contribution in [3.8, 4) is 11.4 Å². The lowest BCUT2D eigenvalue weighted by Gasteiger charge is -2.16. The standard InChI is InChI=1S/C12H10BrN3O3/c13-8-3-7(4-14-5-8)11-15-12(19-16-11)9-6-18-2-1-10(9)17/h3-5,9H,1-2,6H2. The van der Waals surface area contributed by atoms with Gasteiger partial charge in [-0.15, -0.1) is 0 Å². The third-order valence-corrected chi connectivity index (χ3v) is 3.30. The molecular weight excluding hydrogens is 314 g/mol. The fraction of sp³-hybridized carbons (Fsp3) is 0.333. The van der Waals surface area contributed by atoms with Crippen LogP contribution in [-0.2, 0) is 9.53 Å². The van der Waals surface area contributed by atoms with E-state index in [0.29, 0.717) is 31.3 Å². The largest absolute Gasteiger partial charge is 0.380 e. The van der Waals surface area contributed by atoms with Gasteiger partial charge in [-0.3, -0.25) is 9.78 Å². The minimum atomic E-state index is -0.449. The van der Waals surface area contributed by atoms with E-state index in [0.717, 1.165) is 10.0 Å². The zero-order valence-electron chi connectivity index (χ0n) is 9.88. The van der Waals surface area contributed by atoms with E-state index in [9.17, 15) is 4.79 Å². The Kier molecular flexibility index (Phi) is 3.39. The third-order valence-electron chi connectivity index (χ3n) is 2.87. The summed E-state index contributed by atoms with van der Waals surface area (Å²) < 4.78 is 11.3. The zero-order valence-corrected chi connectivity index (χ0v) is 11.5. The van der Waals surface area contributed by atoms with Gasteiger partial charge in [0.05, 0.1) is 13.2 Å². The Morgan fingerprint density at radius 3 is 3.05 bits per heavy atom. The molecule has 1 fully saturated rings. The number of pyridine rings is 1. The van der Waals surface area contributed by atoms with Crippen LogP contribution in [0.4, 0.5) is 0 Å². The Morgan fingerprint density at radius 1 is 1.37 bits per heavy atom. The number of hydrogen-bond acceptors (Lipinski definition) is 6. The van der Waals surface area contributed by atoms with Crippen molar-refractivity contribution in [2.24, 2.45) is 0 Å². The van der Waals surface area contributed by atoms with E-state index in [1.807, 2.05) is 6.07 Å². The van der Waals surface area contributed by atoms with E-state index in [1.165, 1.54) is 0 Å². The van der Waals surface area contributed by atoms with Gasteiger partial charge in [0.2, 0.25) is 11.7 Å². The molecular formula is C12H10BrN3O3. The van der Waals surface area contributed by atoms with E-state index in [4.69, 9.17) is 9.26 Å². The third kappa shape index (κ3) is 2.57. The van der Waals surface area contributed by atoms with Crippen molar-refractivity contribution in [1.82, 2.24) is 15.1 Å². The van der Waals surface area contributed by atoms with Crippen molar-refractivity contribution in [3.05, 3.63) is 28.8 Å². The molecule has 0 bridgehead atoms. The predicted molar refractivity (Wildman–Crippen MR) is 68.4 cm³/mol.